The highest BCUT2D eigenvalue weighted by Gasteiger charge is 2.11. The summed E-state index contributed by atoms with van der Waals surface area (Å²) in [5.74, 6) is -0.0981. The number of anilines is 1. The Balaban J connectivity index is 2.03. The second-order valence-corrected chi connectivity index (χ2v) is 6.36. The van der Waals surface area contributed by atoms with Crippen LogP contribution in [-0.4, -0.2) is 31.2 Å². The molecule has 0 aliphatic rings. The van der Waals surface area contributed by atoms with Gasteiger partial charge in [-0.25, -0.2) is 4.98 Å². The van der Waals surface area contributed by atoms with E-state index in [1.54, 1.807) is 13.3 Å². The van der Waals surface area contributed by atoms with Crippen molar-refractivity contribution in [3.63, 3.8) is 0 Å². The molecule has 0 radical (unpaired) electrons. The third-order valence-electron chi connectivity index (χ3n) is 3.15. The van der Waals surface area contributed by atoms with Crippen LogP contribution >= 0.6 is 22.9 Å². The molecule has 1 heterocycles. The van der Waals surface area contributed by atoms with Gasteiger partial charge in [-0.15, -0.1) is 11.3 Å². The Bertz CT molecular complexity index is 645. The summed E-state index contributed by atoms with van der Waals surface area (Å²) in [6, 6.07) is 5.62. The van der Waals surface area contributed by atoms with Crippen LogP contribution in [0.5, 0.6) is 0 Å². The van der Waals surface area contributed by atoms with Gasteiger partial charge in [0.25, 0.3) is 5.91 Å². The van der Waals surface area contributed by atoms with Gasteiger partial charge < -0.3 is 15.4 Å². The Morgan fingerprint density at radius 3 is 2.95 bits per heavy atom. The number of nitrogens with zero attached hydrogens (tertiary/aromatic N) is 1. The van der Waals surface area contributed by atoms with Crippen LogP contribution in [0.15, 0.2) is 24.4 Å². The number of methoxy groups -OCH3 is 1. The number of carbonyl (C=O) groups excluding carboxylic acids is 1. The molecule has 0 saturated heterocycles. The molecule has 0 unspecified atom stereocenters. The smallest absolute Gasteiger partial charge is 0.251 e. The highest BCUT2D eigenvalue weighted by Crippen LogP contribution is 2.22. The number of halogens is 1. The molecule has 0 aliphatic carbocycles. The molecule has 2 rings (SSSR count). The average molecular weight is 340 g/mol. The number of nitrogens with one attached hydrogen (secondary N) is 2. The molecule has 1 aromatic heterocycles. The first-order valence-electron chi connectivity index (χ1n) is 6.82. The first kappa shape index (κ1) is 16.7. The summed E-state index contributed by atoms with van der Waals surface area (Å²) in [6.45, 7) is 3.54. The molecule has 2 N–H and O–H groups in total. The van der Waals surface area contributed by atoms with Crippen molar-refractivity contribution in [2.45, 2.75) is 13.5 Å². The number of thiazole rings is 1. The highest BCUT2D eigenvalue weighted by atomic mass is 35.5. The van der Waals surface area contributed by atoms with Crippen molar-refractivity contribution in [1.82, 2.24) is 10.3 Å². The maximum absolute atomic E-state index is 12.2. The van der Waals surface area contributed by atoms with Gasteiger partial charge in [0.05, 0.1) is 13.2 Å². The second kappa shape index (κ2) is 8.12. The SMILES string of the molecule is COCCNC(=O)c1cccc(NCc2cnc(Cl)s2)c1C. The number of benzene rings is 1. The number of amides is 1. The van der Waals surface area contributed by atoms with Gasteiger partial charge in [0.2, 0.25) is 0 Å². The van der Waals surface area contributed by atoms with Crippen LogP contribution in [0.4, 0.5) is 5.69 Å². The predicted octanol–water partition coefficient (Wildman–Crippen LogP) is 3.09. The highest BCUT2D eigenvalue weighted by molar-refractivity contribution is 7.15. The number of ether oxygens (including phenoxy) is 1. The first-order chi connectivity index (χ1) is 10.6. The minimum absolute atomic E-state index is 0.0981. The number of carbonyl (C=O) groups is 1. The second-order valence-electron chi connectivity index (χ2n) is 4.66. The number of aromatic nitrogens is 1. The Kier molecular flexibility index (Phi) is 6.18. The summed E-state index contributed by atoms with van der Waals surface area (Å²) < 4.78 is 5.46. The molecule has 7 heteroatoms. The van der Waals surface area contributed by atoms with Crippen molar-refractivity contribution in [1.29, 1.82) is 0 Å². The summed E-state index contributed by atoms with van der Waals surface area (Å²) in [5.41, 5.74) is 2.49. The largest absolute Gasteiger partial charge is 0.383 e. The zero-order chi connectivity index (χ0) is 15.9. The van der Waals surface area contributed by atoms with Crippen LogP contribution in [0.3, 0.4) is 0 Å². The molecule has 0 atom stereocenters. The zero-order valence-electron chi connectivity index (χ0n) is 12.5. The number of hydrogen-bond donors (Lipinski definition) is 2. The number of hydrogen-bond acceptors (Lipinski definition) is 5. The van der Waals surface area contributed by atoms with Crippen molar-refractivity contribution < 1.29 is 9.53 Å². The van der Waals surface area contributed by atoms with E-state index in [-0.39, 0.29) is 5.91 Å². The average Bonchev–Trinajstić information content (AvgIpc) is 2.92. The molecule has 0 aliphatic heterocycles. The predicted molar refractivity (Wildman–Crippen MR) is 89.8 cm³/mol. The normalized spacial score (nSPS) is 10.5. The van der Waals surface area contributed by atoms with Crippen molar-refractivity contribution in [2.24, 2.45) is 0 Å². The summed E-state index contributed by atoms with van der Waals surface area (Å²) >= 11 is 7.25. The molecule has 0 fully saturated rings. The van der Waals surface area contributed by atoms with E-state index in [0.717, 1.165) is 16.1 Å². The lowest BCUT2D eigenvalue weighted by Crippen LogP contribution is -2.27. The van der Waals surface area contributed by atoms with E-state index in [0.29, 0.717) is 29.7 Å². The summed E-state index contributed by atoms with van der Waals surface area (Å²) in [6.07, 6.45) is 1.75. The first-order valence-corrected chi connectivity index (χ1v) is 8.02. The van der Waals surface area contributed by atoms with E-state index in [1.165, 1.54) is 11.3 Å². The van der Waals surface area contributed by atoms with Crippen LogP contribution in [0, 0.1) is 6.92 Å². The lowest BCUT2D eigenvalue weighted by Gasteiger charge is -2.13. The quantitative estimate of drug-likeness (QED) is 0.761. The maximum atomic E-state index is 12.2. The molecule has 0 saturated carbocycles. The van der Waals surface area contributed by atoms with Crippen LogP contribution in [0.1, 0.15) is 20.8 Å². The molecular formula is C15H18ClN3O2S. The van der Waals surface area contributed by atoms with Crippen molar-refractivity contribution in [3.05, 3.63) is 44.9 Å². The zero-order valence-corrected chi connectivity index (χ0v) is 14.1. The molecule has 22 heavy (non-hydrogen) atoms. The van der Waals surface area contributed by atoms with Gasteiger partial charge in [0.15, 0.2) is 4.47 Å². The Hall–Kier alpha value is -1.63. The van der Waals surface area contributed by atoms with Crippen LogP contribution in [0.25, 0.3) is 0 Å². The minimum atomic E-state index is -0.0981. The van der Waals surface area contributed by atoms with E-state index in [9.17, 15) is 4.79 Å². The van der Waals surface area contributed by atoms with Gasteiger partial charge in [0, 0.05) is 36.0 Å². The van der Waals surface area contributed by atoms with E-state index in [2.05, 4.69) is 15.6 Å². The van der Waals surface area contributed by atoms with Gasteiger partial charge in [-0.3, -0.25) is 4.79 Å². The summed E-state index contributed by atoms with van der Waals surface area (Å²) in [7, 11) is 1.60. The van der Waals surface area contributed by atoms with Crippen molar-refractivity contribution in [3.8, 4) is 0 Å². The third kappa shape index (κ3) is 4.43. The summed E-state index contributed by atoms with van der Waals surface area (Å²) in [4.78, 5) is 17.2. The Morgan fingerprint density at radius 1 is 1.45 bits per heavy atom. The molecule has 1 aromatic carbocycles. The van der Waals surface area contributed by atoms with Gasteiger partial charge >= 0.3 is 0 Å². The van der Waals surface area contributed by atoms with E-state index in [1.807, 2.05) is 25.1 Å². The Labute approximate surface area is 138 Å². The van der Waals surface area contributed by atoms with Crippen LogP contribution < -0.4 is 10.6 Å². The van der Waals surface area contributed by atoms with E-state index >= 15 is 0 Å². The minimum Gasteiger partial charge on any atom is -0.383 e. The lowest BCUT2D eigenvalue weighted by atomic mass is 10.1. The van der Waals surface area contributed by atoms with Crippen molar-refractivity contribution in [2.75, 3.05) is 25.6 Å². The summed E-state index contributed by atoms with van der Waals surface area (Å²) in [5, 5.41) is 6.14. The third-order valence-corrected chi connectivity index (χ3v) is 4.26. The fourth-order valence-corrected chi connectivity index (χ4v) is 2.90. The van der Waals surface area contributed by atoms with Gasteiger partial charge in [-0.2, -0.15) is 0 Å². The monoisotopic (exact) mass is 339 g/mol. The molecular weight excluding hydrogens is 322 g/mol. The van der Waals surface area contributed by atoms with Gasteiger partial charge in [-0.1, -0.05) is 17.7 Å². The van der Waals surface area contributed by atoms with Gasteiger partial charge in [-0.05, 0) is 24.6 Å². The fraction of sp³-hybridized carbons (Fsp3) is 0.333. The molecule has 0 bridgehead atoms. The maximum Gasteiger partial charge on any atom is 0.251 e. The fourth-order valence-electron chi connectivity index (χ4n) is 1.98. The van der Waals surface area contributed by atoms with E-state index < -0.39 is 0 Å². The van der Waals surface area contributed by atoms with Crippen molar-refractivity contribution >= 4 is 34.5 Å². The standard InChI is InChI=1S/C15H18ClN3O2S/c1-10-12(14(20)17-6-7-21-2)4-3-5-13(10)18-8-11-9-19-15(16)22-11/h3-5,9,18H,6-8H2,1-2H3,(H,17,20). The topological polar surface area (TPSA) is 63.2 Å². The van der Waals surface area contributed by atoms with Crippen LogP contribution in [0.2, 0.25) is 4.47 Å². The molecule has 118 valence electrons. The van der Waals surface area contributed by atoms with Crippen LogP contribution in [-0.2, 0) is 11.3 Å². The Morgan fingerprint density at radius 2 is 2.27 bits per heavy atom. The molecule has 1 amide bonds. The van der Waals surface area contributed by atoms with Gasteiger partial charge in [0.1, 0.15) is 0 Å². The molecule has 0 spiro atoms. The molecule has 2 aromatic rings. The molecule has 5 nitrogen and oxygen atoms in total. The number of rotatable bonds is 7. The van der Waals surface area contributed by atoms with E-state index in [4.69, 9.17) is 16.3 Å². The lowest BCUT2D eigenvalue weighted by molar-refractivity contribution is 0.0936.